The number of amides is 1. The first-order chi connectivity index (χ1) is 12.0. The summed E-state index contributed by atoms with van der Waals surface area (Å²) in [5, 5.41) is 11.0. The van der Waals surface area contributed by atoms with Gasteiger partial charge in [0.25, 0.3) is 0 Å². The van der Waals surface area contributed by atoms with E-state index >= 15 is 0 Å². The third-order valence-electron chi connectivity index (χ3n) is 5.29. The maximum atomic E-state index is 12.9. The molecule has 1 heterocycles. The molecule has 2 fully saturated rings. The Labute approximate surface area is 159 Å². The Hall–Kier alpha value is -1.20. The van der Waals surface area contributed by atoms with E-state index in [9.17, 15) is 9.90 Å². The molecule has 25 heavy (non-hydrogen) atoms. The average molecular weight is 380 g/mol. The van der Waals surface area contributed by atoms with Crippen LogP contribution in [0.15, 0.2) is 18.2 Å². The van der Waals surface area contributed by atoms with Gasteiger partial charge in [-0.2, -0.15) is 0 Å². The Morgan fingerprint density at radius 3 is 2.44 bits per heavy atom. The van der Waals surface area contributed by atoms with E-state index in [0.717, 1.165) is 12.8 Å². The van der Waals surface area contributed by atoms with Gasteiger partial charge in [0.15, 0.2) is 0 Å². The molecule has 1 atom stereocenters. The molecule has 3 rings (SSSR count). The number of halogens is 2. The zero-order valence-electron chi connectivity index (χ0n) is 14.1. The summed E-state index contributed by atoms with van der Waals surface area (Å²) in [4.78, 5) is 16.4. The Balaban J connectivity index is 1.77. The number of likely N-dealkylation sites (tertiary alicyclic amines) is 1. The van der Waals surface area contributed by atoms with Gasteiger partial charge in [-0.3, -0.25) is 0 Å². The van der Waals surface area contributed by atoms with Crippen LogP contribution in [0.3, 0.4) is 0 Å². The average Bonchev–Trinajstić information content (AvgIpc) is 2.96. The molecule has 4 nitrogen and oxygen atoms in total. The standard InChI is InChI=1S/C18H22BCl2N2O2/c19-18(25)23(11-13-14(20)7-4-8-15(13)21)16-9-10-22(17(16)24)12-5-2-1-3-6-12/h4,7-8,12,16,25H,1-3,5-6,9-11H2. The number of aliphatic hydroxyl groups excluding tert-OH is 1. The van der Waals surface area contributed by atoms with Crippen LogP contribution in [-0.2, 0) is 11.3 Å². The minimum atomic E-state index is -0.473. The van der Waals surface area contributed by atoms with Crippen molar-refractivity contribution in [3.05, 3.63) is 33.8 Å². The third kappa shape index (κ3) is 3.98. The number of nitrogens with zero attached hydrogens (tertiary/aromatic N) is 2. The summed E-state index contributed by atoms with van der Waals surface area (Å²) >= 11 is 12.5. The normalized spacial score (nSPS) is 21.6. The van der Waals surface area contributed by atoms with E-state index in [2.05, 4.69) is 0 Å². The molecule has 7 heteroatoms. The number of rotatable bonds is 5. The molecule has 2 aliphatic rings. The van der Waals surface area contributed by atoms with Gasteiger partial charge in [-0.1, -0.05) is 0 Å². The molecule has 1 saturated heterocycles. The van der Waals surface area contributed by atoms with Gasteiger partial charge in [0, 0.05) is 0 Å². The molecule has 1 aromatic carbocycles. The second-order valence-corrected chi connectivity index (χ2v) is 7.63. The summed E-state index contributed by atoms with van der Waals surface area (Å²) in [7, 11) is 5.69. The minimum absolute atomic E-state index is 0.0343. The summed E-state index contributed by atoms with van der Waals surface area (Å²) in [6.45, 7) is 0.907. The number of hydrogen-bond donors (Lipinski definition) is 1. The van der Waals surface area contributed by atoms with Gasteiger partial charge in [-0.15, -0.1) is 0 Å². The van der Waals surface area contributed by atoms with Crippen molar-refractivity contribution in [2.45, 2.75) is 57.2 Å². The maximum absolute atomic E-state index is 12.9. The van der Waals surface area contributed by atoms with Crippen LogP contribution < -0.4 is 0 Å². The molecule has 1 amide bonds. The Bertz CT molecular complexity index is 644. The SMILES string of the molecule is [B]=C(O)N(Cc1c(Cl)cccc1Cl)C1CCN(C2CCCCC2)C1=O. The van der Waals surface area contributed by atoms with Gasteiger partial charge in [0.05, 0.1) is 0 Å². The number of aliphatic hydroxyl groups is 1. The van der Waals surface area contributed by atoms with E-state index < -0.39 is 6.04 Å². The van der Waals surface area contributed by atoms with Gasteiger partial charge < -0.3 is 0 Å². The second-order valence-electron chi connectivity index (χ2n) is 6.81. The Morgan fingerprint density at radius 2 is 1.84 bits per heavy atom. The Morgan fingerprint density at radius 1 is 1.20 bits per heavy atom. The van der Waals surface area contributed by atoms with Gasteiger partial charge in [0.2, 0.25) is 0 Å². The fourth-order valence-electron chi connectivity index (χ4n) is 3.94. The van der Waals surface area contributed by atoms with Crippen molar-refractivity contribution in [1.82, 2.24) is 9.80 Å². The molecule has 1 N–H and O–H groups in total. The first kappa shape index (κ1) is 18.6. The van der Waals surface area contributed by atoms with E-state index in [4.69, 9.17) is 30.7 Å². The first-order valence-electron chi connectivity index (χ1n) is 8.80. The van der Waals surface area contributed by atoms with E-state index in [1.165, 1.54) is 24.2 Å². The van der Waals surface area contributed by atoms with Crippen molar-refractivity contribution in [1.29, 1.82) is 0 Å². The fraction of sp³-hybridized carbons (Fsp3) is 0.556. The van der Waals surface area contributed by atoms with E-state index in [1.807, 2.05) is 4.90 Å². The predicted molar refractivity (Wildman–Crippen MR) is 102 cm³/mol. The summed E-state index contributed by atoms with van der Waals surface area (Å²) in [6.07, 6.45) is 6.36. The van der Waals surface area contributed by atoms with E-state index in [1.54, 1.807) is 18.2 Å². The molecular formula is C18H22BCl2N2O2. The fourth-order valence-corrected chi connectivity index (χ4v) is 4.45. The number of benzene rings is 1. The third-order valence-corrected chi connectivity index (χ3v) is 6.00. The van der Waals surface area contributed by atoms with E-state index in [0.29, 0.717) is 34.6 Å². The second kappa shape index (κ2) is 8.00. The van der Waals surface area contributed by atoms with Crippen LogP contribution in [0.1, 0.15) is 44.1 Å². The number of hydrogen-bond acceptors (Lipinski definition) is 3. The quantitative estimate of drug-likeness (QED) is 0.797. The molecular weight excluding hydrogens is 358 g/mol. The monoisotopic (exact) mass is 379 g/mol. The van der Waals surface area contributed by atoms with Gasteiger partial charge >= 0.3 is 160 Å². The molecule has 0 aromatic heterocycles. The van der Waals surface area contributed by atoms with Crippen LogP contribution in [0.2, 0.25) is 10.0 Å². The zero-order valence-corrected chi connectivity index (χ0v) is 15.6. The van der Waals surface area contributed by atoms with Crippen LogP contribution in [-0.4, -0.2) is 52.7 Å². The van der Waals surface area contributed by atoms with Crippen LogP contribution in [0, 0.1) is 0 Å². The summed E-state index contributed by atoms with van der Waals surface area (Å²) < 4.78 is 0. The molecule has 0 bridgehead atoms. The van der Waals surface area contributed by atoms with Crippen molar-refractivity contribution >= 4 is 42.4 Å². The van der Waals surface area contributed by atoms with Crippen LogP contribution in [0.25, 0.3) is 0 Å². The molecule has 1 saturated carbocycles. The molecule has 1 unspecified atom stereocenters. The first-order valence-corrected chi connectivity index (χ1v) is 9.56. The molecule has 0 spiro atoms. The number of carbonyl (C=O) groups is 1. The van der Waals surface area contributed by atoms with Crippen molar-refractivity contribution in [2.75, 3.05) is 6.54 Å². The molecule has 1 aromatic rings. The topological polar surface area (TPSA) is 43.8 Å². The van der Waals surface area contributed by atoms with Gasteiger partial charge in [0.1, 0.15) is 0 Å². The van der Waals surface area contributed by atoms with Crippen LogP contribution >= 0.6 is 23.2 Å². The van der Waals surface area contributed by atoms with Gasteiger partial charge in [-0.05, 0) is 0 Å². The van der Waals surface area contributed by atoms with Gasteiger partial charge in [-0.25, -0.2) is 0 Å². The summed E-state index contributed by atoms with van der Waals surface area (Å²) in [5.74, 6) is -0.341. The Kier molecular flexibility index (Phi) is 5.95. The summed E-state index contributed by atoms with van der Waals surface area (Å²) in [5.41, 5.74) is 0.659. The predicted octanol–water partition coefficient (Wildman–Crippen LogP) is 3.36. The van der Waals surface area contributed by atoms with Crippen molar-refractivity contribution in [3.63, 3.8) is 0 Å². The molecule has 1 aliphatic carbocycles. The van der Waals surface area contributed by atoms with Crippen LogP contribution in [0.5, 0.6) is 0 Å². The molecule has 1 aliphatic heterocycles. The van der Waals surface area contributed by atoms with E-state index in [-0.39, 0.29) is 18.2 Å². The van der Waals surface area contributed by atoms with Crippen molar-refractivity contribution in [2.24, 2.45) is 0 Å². The van der Waals surface area contributed by atoms with Crippen molar-refractivity contribution < 1.29 is 9.90 Å². The molecule has 1 radical (unpaired) electrons. The van der Waals surface area contributed by atoms with Crippen LogP contribution in [0.4, 0.5) is 0 Å². The number of carbonyl (C=O) groups excluding carboxylic acids is 1. The summed E-state index contributed by atoms with van der Waals surface area (Å²) in [6, 6.07) is 5.07. The molecule has 133 valence electrons. The zero-order chi connectivity index (χ0) is 18.0. The van der Waals surface area contributed by atoms with Crippen molar-refractivity contribution in [3.8, 4) is 0 Å².